The molecule has 2 N–H and O–H groups in total. The van der Waals surface area contributed by atoms with Gasteiger partial charge in [-0.15, -0.1) is 0 Å². The van der Waals surface area contributed by atoms with Gasteiger partial charge >= 0.3 is 0 Å². The molecule has 0 radical (unpaired) electrons. The second-order valence-corrected chi connectivity index (χ2v) is 7.90. The van der Waals surface area contributed by atoms with Crippen molar-refractivity contribution in [1.82, 2.24) is 5.32 Å². The van der Waals surface area contributed by atoms with Gasteiger partial charge in [0.15, 0.2) is 0 Å². The number of hydrogen-bond donors (Lipinski definition) is 2. The number of aryl methyl sites for hydroxylation is 2. The largest absolute Gasteiger partial charge is 0.509 e. The van der Waals surface area contributed by atoms with Crippen molar-refractivity contribution in [1.29, 1.82) is 0 Å². The van der Waals surface area contributed by atoms with E-state index in [4.69, 9.17) is 4.74 Å². The summed E-state index contributed by atoms with van der Waals surface area (Å²) in [6.45, 7) is 6.80. The maximum Gasteiger partial charge on any atom is 0.256 e. The predicted octanol–water partition coefficient (Wildman–Crippen LogP) is 4.44. The molecular weight excluding hydrogens is 382 g/mol. The first kappa shape index (κ1) is 18.5. The summed E-state index contributed by atoms with van der Waals surface area (Å²) >= 11 is 3.60. The molecule has 1 aromatic rings. The van der Waals surface area contributed by atoms with E-state index in [1.54, 1.807) is 0 Å². The third kappa shape index (κ3) is 3.24. The van der Waals surface area contributed by atoms with Gasteiger partial charge in [-0.1, -0.05) is 28.9 Å². The average Bonchev–Trinajstić information content (AvgIpc) is 2.80. The van der Waals surface area contributed by atoms with Crippen molar-refractivity contribution in [3.8, 4) is 0 Å². The van der Waals surface area contributed by atoms with Crippen molar-refractivity contribution in [3.63, 3.8) is 0 Å². The summed E-state index contributed by atoms with van der Waals surface area (Å²) in [6, 6.07) is 4.09. The Hall–Kier alpha value is -1.33. The van der Waals surface area contributed by atoms with E-state index in [-0.39, 0.29) is 17.8 Å². The number of rotatable bonds is 4. The van der Waals surface area contributed by atoms with Gasteiger partial charge in [0.1, 0.15) is 5.76 Å². The first-order chi connectivity index (χ1) is 11.9. The topological polar surface area (TPSA) is 58.6 Å². The van der Waals surface area contributed by atoms with E-state index in [2.05, 4.69) is 34.2 Å². The number of carbonyl (C=O) groups is 1. The standard InChI is InChI=1S/C20H26BrNO3/c1-4-13-10-12(3)11-15(21)16(13)17-18(23)20(22-19(17)24)8-6-14(7-9-20)25-5-2/h10-11,14,23H,4-9H2,1-3H3,(H,22,24). The van der Waals surface area contributed by atoms with E-state index in [1.165, 1.54) is 0 Å². The Balaban J connectivity index is 2.00. The molecule has 1 aromatic carbocycles. The quantitative estimate of drug-likeness (QED) is 0.775. The average molecular weight is 408 g/mol. The number of aliphatic hydroxyl groups excluding tert-OH is 1. The number of amides is 1. The lowest BCUT2D eigenvalue weighted by Crippen LogP contribution is -2.48. The summed E-state index contributed by atoms with van der Waals surface area (Å²) < 4.78 is 6.57. The SMILES string of the molecule is CCOC1CCC2(CC1)NC(=O)C(c1c(Br)cc(C)cc1CC)=C2O. The Morgan fingerprint density at radius 1 is 1.32 bits per heavy atom. The number of ether oxygens (including phenoxy) is 1. The van der Waals surface area contributed by atoms with Crippen LogP contribution in [0.2, 0.25) is 0 Å². The maximum absolute atomic E-state index is 12.8. The van der Waals surface area contributed by atoms with Crippen LogP contribution in [-0.2, 0) is 16.0 Å². The molecule has 1 heterocycles. The summed E-state index contributed by atoms with van der Waals surface area (Å²) in [5.41, 5.74) is 2.84. The molecule has 3 rings (SSSR count). The third-order valence-corrected chi connectivity index (χ3v) is 6.03. The van der Waals surface area contributed by atoms with Crippen LogP contribution < -0.4 is 5.32 Å². The molecule has 0 atom stereocenters. The van der Waals surface area contributed by atoms with Crippen LogP contribution in [0.5, 0.6) is 0 Å². The third-order valence-electron chi connectivity index (χ3n) is 5.41. The Morgan fingerprint density at radius 2 is 2.00 bits per heavy atom. The summed E-state index contributed by atoms with van der Waals surface area (Å²) in [5, 5.41) is 14.1. The smallest absolute Gasteiger partial charge is 0.256 e. The fourth-order valence-electron chi connectivity index (χ4n) is 4.14. The molecule has 0 bridgehead atoms. The van der Waals surface area contributed by atoms with Crippen LogP contribution in [0.1, 0.15) is 56.2 Å². The summed E-state index contributed by atoms with van der Waals surface area (Å²) in [6.07, 6.45) is 4.15. The van der Waals surface area contributed by atoms with Crippen molar-refractivity contribution in [3.05, 3.63) is 39.1 Å². The monoisotopic (exact) mass is 407 g/mol. The highest BCUT2D eigenvalue weighted by Gasteiger charge is 2.48. The van der Waals surface area contributed by atoms with Gasteiger partial charge in [-0.2, -0.15) is 0 Å². The van der Waals surface area contributed by atoms with E-state index < -0.39 is 5.54 Å². The van der Waals surface area contributed by atoms with Crippen molar-refractivity contribution < 1.29 is 14.6 Å². The Morgan fingerprint density at radius 3 is 2.60 bits per heavy atom. The first-order valence-electron chi connectivity index (χ1n) is 9.09. The molecule has 1 fully saturated rings. The van der Waals surface area contributed by atoms with E-state index in [1.807, 2.05) is 19.9 Å². The van der Waals surface area contributed by atoms with E-state index >= 15 is 0 Å². The lowest BCUT2D eigenvalue weighted by atomic mass is 9.79. The van der Waals surface area contributed by atoms with Crippen LogP contribution in [0.15, 0.2) is 22.4 Å². The number of nitrogens with one attached hydrogen (secondary N) is 1. The molecule has 25 heavy (non-hydrogen) atoms. The zero-order valence-corrected chi connectivity index (χ0v) is 16.7. The Labute approximate surface area is 157 Å². The van der Waals surface area contributed by atoms with Gasteiger partial charge in [-0.25, -0.2) is 0 Å². The minimum Gasteiger partial charge on any atom is -0.509 e. The molecule has 1 amide bonds. The molecular formula is C20H26BrNO3. The van der Waals surface area contributed by atoms with Crippen LogP contribution in [0.4, 0.5) is 0 Å². The molecule has 5 heteroatoms. The van der Waals surface area contributed by atoms with Gasteiger partial charge in [0.25, 0.3) is 5.91 Å². The highest BCUT2D eigenvalue weighted by Crippen LogP contribution is 2.44. The van der Waals surface area contributed by atoms with Gasteiger partial charge in [0, 0.05) is 16.6 Å². The molecule has 1 aliphatic carbocycles. The van der Waals surface area contributed by atoms with Crippen molar-refractivity contribution in [2.75, 3.05) is 6.61 Å². The van der Waals surface area contributed by atoms with Gasteiger partial charge in [0.05, 0.1) is 17.2 Å². The zero-order chi connectivity index (χ0) is 18.2. The van der Waals surface area contributed by atoms with E-state index in [9.17, 15) is 9.90 Å². The zero-order valence-electron chi connectivity index (χ0n) is 15.1. The molecule has 1 spiro atoms. The molecule has 1 saturated carbocycles. The van der Waals surface area contributed by atoms with E-state index in [0.29, 0.717) is 25.0 Å². The second kappa shape index (κ2) is 7.12. The van der Waals surface area contributed by atoms with Gasteiger partial charge in [-0.05, 0) is 63.1 Å². The van der Waals surface area contributed by atoms with Gasteiger partial charge in [-0.3, -0.25) is 4.79 Å². The Bertz CT molecular complexity index is 718. The highest BCUT2D eigenvalue weighted by atomic mass is 79.9. The first-order valence-corrected chi connectivity index (χ1v) is 9.88. The Kier molecular flexibility index (Phi) is 5.26. The summed E-state index contributed by atoms with van der Waals surface area (Å²) in [7, 11) is 0. The van der Waals surface area contributed by atoms with Gasteiger partial charge < -0.3 is 15.2 Å². The van der Waals surface area contributed by atoms with E-state index in [0.717, 1.165) is 40.4 Å². The number of hydrogen-bond acceptors (Lipinski definition) is 3. The normalized spacial score (nSPS) is 26.4. The number of benzene rings is 1. The number of aliphatic hydroxyl groups is 1. The van der Waals surface area contributed by atoms with Crippen molar-refractivity contribution in [2.45, 2.75) is 64.5 Å². The minimum absolute atomic E-state index is 0.174. The fraction of sp³-hybridized carbons (Fsp3) is 0.550. The van der Waals surface area contributed by atoms with Crippen LogP contribution in [0.3, 0.4) is 0 Å². The van der Waals surface area contributed by atoms with Crippen LogP contribution in [0.25, 0.3) is 5.57 Å². The lowest BCUT2D eigenvalue weighted by Gasteiger charge is -2.37. The van der Waals surface area contributed by atoms with Crippen molar-refractivity contribution >= 4 is 27.4 Å². The van der Waals surface area contributed by atoms with Crippen molar-refractivity contribution in [2.24, 2.45) is 0 Å². The fourth-order valence-corrected chi connectivity index (χ4v) is 4.95. The van der Waals surface area contributed by atoms with Crippen LogP contribution in [0, 0.1) is 6.92 Å². The highest BCUT2D eigenvalue weighted by molar-refractivity contribution is 9.10. The second-order valence-electron chi connectivity index (χ2n) is 7.05. The molecule has 136 valence electrons. The maximum atomic E-state index is 12.8. The summed E-state index contributed by atoms with van der Waals surface area (Å²) in [4.78, 5) is 12.8. The molecule has 0 saturated heterocycles. The molecule has 0 unspecified atom stereocenters. The number of carbonyl (C=O) groups excluding carboxylic acids is 1. The minimum atomic E-state index is -0.630. The lowest BCUT2D eigenvalue weighted by molar-refractivity contribution is -0.116. The summed E-state index contributed by atoms with van der Waals surface area (Å²) in [5.74, 6) is 0.0262. The van der Waals surface area contributed by atoms with Crippen LogP contribution in [-0.4, -0.2) is 29.3 Å². The molecule has 0 aromatic heterocycles. The number of halogens is 1. The molecule has 4 nitrogen and oxygen atoms in total. The van der Waals surface area contributed by atoms with Crippen LogP contribution >= 0.6 is 15.9 Å². The molecule has 2 aliphatic rings. The van der Waals surface area contributed by atoms with Gasteiger partial charge in [0.2, 0.25) is 0 Å². The predicted molar refractivity (Wildman–Crippen MR) is 103 cm³/mol. The molecule has 1 aliphatic heterocycles.